The SMILES string of the molecule is O=Cc1ccc2c(c1O)C13CCN(CC4CC4)C(C2)C1(O)CCC(=O)C3. The highest BCUT2D eigenvalue weighted by molar-refractivity contribution is 5.85. The van der Waals surface area contributed by atoms with E-state index in [9.17, 15) is 19.8 Å². The lowest BCUT2D eigenvalue weighted by Crippen LogP contribution is -2.73. The van der Waals surface area contributed by atoms with Crippen LogP contribution in [0.15, 0.2) is 12.1 Å². The number of aromatic hydroxyl groups is 1. The molecule has 2 N–H and O–H groups in total. The summed E-state index contributed by atoms with van der Waals surface area (Å²) in [5, 5.41) is 22.8. The van der Waals surface area contributed by atoms with E-state index in [0.29, 0.717) is 37.5 Å². The third kappa shape index (κ3) is 2.04. The number of hydrogen-bond acceptors (Lipinski definition) is 5. The van der Waals surface area contributed by atoms with Crippen LogP contribution >= 0.6 is 0 Å². The molecule has 138 valence electrons. The summed E-state index contributed by atoms with van der Waals surface area (Å²) in [6.07, 6.45) is 5.63. The van der Waals surface area contributed by atoms with Crippen LogP contribution in [-0.2, 0) is 16.6 Å². The van der Waals surface area contributed by atoms with Gasteiger partial charge in [0.2, 0.25) is 0 Å². The number of Topliss-reactive ketones (excluding diaryl/α,β-unsaturated/α-hetero) is 1. The summed E-state index contributed by atoms with van der Waals surface area (Å²) >= 11 is 0. The Labute approximate surface area is 153 Å². The van der Waals surface area contributed by atoms with E-state index in [1.165, 1.54) is 12.8 Å². The van der Waals surface area contributed by atoms with Gasteiger partial charge in [0.05, 0.1) is 11.2 Å². The molecule has 5 heteroatoms. The number of aldehydes is 1. The predicted octanol–water partition coefficient (Wildman–Crippen LogP) is 1.97. The molecule has 26 heavy (non-hydrogen) atoms. The molecular weight excluding hydrogens is 330 g/mol. The van der Waals surface area contributed by atoms with Crippen molar-refractivity contribution < 1.29 is 19.8 Å². The number of hydrogen-bond donors (Lipinski definition) is 2. The minimum atomic E-state index is -1.01. The summed E-state index contributed by atoms with van der Waals surface area (Å²) in [7, 11) is 0. The molecule has 1 heterocycles. The Morgan fingerprint density at radius 1 is 1.27 bits per heavy atom. The zero-order valence-corrected chi connectivity index (χ0v) is 14.9. The van der Waals surface area contributed by atoms with Crippen molar-refractivity contribution in [3.63, 3.8) is 0 Å². The number of fused-ring (bicyclic) bond motifs is 1. The number of rotatable bonds is 3. The van der Waals surface area contributed by atoms with E-state index in [0.717, 1.165) is 24.6 Å². The van der Waals surface area contributed by atoms with Crippen molar-refractivity contribution in [1.29, 1.82) is 0 Å². The molecule has 0 spiro atoms. The standard InChI is InChI=1S/C21H25NO4/c23-12-15-4-3-14-9-17-21(26)6-5-16(24)10-20(21,18(14)19(15)25)7-8-22(17)11-13-1-2-13/h3-4,12-13,17,25-26H,1-2,5-11H2. The second-order valence-electron chi connectivity index (χ2n) is 8.79. The maximum absolute atomic E-state index is 12.4. The van der Waals surface area contributed by atoms with Gasteiger partial charge in [0.1, 0.15) is 11.5 Å². The van der Waals surface area contributed by atoms with Crippen molar-refractivity contribution in [2.75, 3.05) is 13.1 Å². The quantitative estimate of drug-likeness (QED) is 0.811. The first-order valence-electron chi connectivity index (χ1n) is 9.77. The summed E-state index contributed by atoms with van der Waals surface area (Å²) in [6, 6.07) is 3.56. The Bertz CT molecular complexity index is 801. The van der Waals surface area contributed by atoms with Gasteiger partial charge in [-0.15, -0.1) is 0 Å². The van der Waals surface area contributed by atoms with Crippen LogP contribution in [0.1, 0.15) is 60.0 Å². The first-order chi connectivity index (χ1) is 12.5. The minimum absolute atomic E-state index is 0.0149. The third-order valence-corrected chi connectivity index (χ3v) is 7.43. The maximum Gasteiger partial charge on any atom is 0.153 e. The summed E-state index contributed by atoms with van der Waals surface area (Å²) < 4.78 is 0. The molecule has 5 rings (SSSR count). The van der Waals surface area contributed by atoms with Crippen LogP contribution in [0.25, 0.3) is 0 Å². The van der Waals surface area contributed by atoms with Crippen LogP contribution in [0.2, 0.25) is 0 Å². The number of likely N-dealkylation sites (tertiary alicyclic amines) is 1. The highest BCUT2D eigenvalue weighted by Gasteiger charge is 2.65. The van der Waals surface area contributed by atoms with Crippen molar-refractivity contribution in [2.45, 2.75) is 62.0 Å². The van der Waals surface area contributed by atoms with E-state index in [4.69, 9.17) is 0 Å². The normalized spacial score (nSPS) is 36.3. The maximum atomic E-state index is 12.4. The number of benzene rings is 1. The largest absolute Gasteiger partial charge is 0.507 e. The van der Waals surface area contributed by atoms with E-state index in [1.54, 1.807) is 6.07 Å². The van der Waals surface area contributed by atoms with E-state index in [2.05, 4.69) is 4.90 Å². The van der Waals surface area contributed by atoms with Crippen molar-refractivity contribution in [3.8, 4) is 5.75 Å². The van der Waals surface area contributed by atoms with E-state index in [-0.39, 0.29) is 29.6 Å². The monoisotopic (exact) mass is 355 g/mol. The lowest BCUT2D eigenvalue weighted by Gasteiger charge is -2.63. The molecule has 2 saturated carbocycles. The lowest BCUT2D eigenvalue weighted by atomic mass is 9.49. The smallest absolute Gasteiger partial charge is 0.153 e. The molecule has 0 radical (unpaired) electrons. The zero-order chi connectivity index (χ0) is 18.1. The molecule has 3 aliphatic carbocycles. The van der Waals surface area contributed by atoms with Crippen molar-refractivity contribution in [1.82, 2.24) is 4.90 Å². The van der Waals surface area contributed by atoms with Crippen LogP contribution in [0.3, 0.4) is 0 Å². The number of carbonyl (C=O) groups excluding carboxylic acids is 2. The van der Waals surface area contributed by atoms with Crippen molar-refractivity contribution in [3.05, 3.63) is 28.8 Å². The van der Waals surface area contributed by atoms with Gasteiger partial charge in [0.15, 0.2) is 6.29 Å². The van der Waals surface area contributed by atoms with Crippen LogP contribution < -0.4 is 0 Å². The molecule has 3 unspecified atom stereocenters. The molecule has 4 aliphatic rings. The van der Waals surface area contributed by atoms with Gasteiger partial charge in [-0.1, -0.05) is 6.07 Å². The fourth-order valence-electron chi connectivity index (χ4n) is 5.96. The number of phenols is 1. The molecular formula is C21H25NO4. The van der Waals surface area contributed by atoms with Gasteiger partial charge in [-0.2, -0.15) is 0 Å². The Balaban J connectivity index is 1.69. The highest BCUT2D eigenvalue weighted by Crippen LogP contribution is 2.59. The van der Waals surface area contributed by atoms with Gasteiger partial charge < -0.3 is 10.2 Å². The Morgan fingerprint density at radius 3 is 2.81 bits per heavy atom. The number of ketones is 1. The van der Waals surface area contributed by atoms with Crippen molar-refractivity contribution in [2.24, 2.45) is 5.92 Å². The number of aliphatic hydroxyl groups is 1. The topological polar surface area (TPSA) is 77.8 Å². The van der Waals surface area contributed by atoms with E-state index < -0.39 is 11.0 Å². The van der Waals surface area contributed by atoms with Gasteiger partial charge in [-0.05, 0) is 56.2 Å². The molecule has 2 bridgehead atoms. The average molecular weight is 355 g/mol. The second kappa shape index (κ2) is 5.40. The lowest BCUT2D eigenvalue weighted by molar-refractivity contribution is -0.173. The zero-order valence-electron chi connectivity index (χ0n) is 14.9. The Hall–Kier alpha value is -1.72. The number of phenolic OH excluding ortho intramolecular Hbond substituents is 1. The van der Waals surface area contributed by atoms with Crippen LogP contribution in [0, 0.1) is 5.92 Å². The number of carbonyl (C=O) groups is 2. The van der Waals surface area contributed by atoms with E-state index >= 15 is 0 Å². The minimum Gasteiger partial charge on any atom is -0.507 e. The number of nitrogens with zero attached hydrogens (tertiary/aromatic N) is 1. The predicted molar refractivity (Wildman–Crippen MR) is 95.4 cm³/mol. The van der Waals surface area contributed by atoms with Crippen LogP contribution in [-0.4, -0.2) is 51.9 Å². The summed E-state index contributed by atoms with van der Waals surface area (Å²) in [6.45, 7) is 1.85. The molecule has 3 atom stereocenters. The van der Waals surface area contributed by atoms with Crippen LogP contribution in [0.4, 0.5) is 0 Å². The molecule has 1 aromatic carbocycles. The first-order valence-corrected chi connectivity index (χ1v) is 9.77. The van der Waals surface area contributed by atoms with Crippen LogP contribution in [0.5, 0.6) is 5.75 Å². The summed E-state index contributed by atoms with van der Waals surface area (Å²) in [5.74, 6) is 0.858. The summed E-state index contributed by atoms with van der Waals surface area (Å²) in [4.78, 5) is 26.2. The van der Waals surface area contributed by atoms with Crippen molar-refractivity contribution >= 4 is 12.1 Å². The third-order valence-electron chi connectivity index (χ3n) is 7.43. The fourth-order valence-corrected chi connectivity index (χ4v) is 5.96. The first kappa shape index (κ1) is 16.5. The van der Waals surface area contributed by atoms with Gasteiger partial charge >= 0.3 is 0 Å². The number of piperidine rings is 1. The van der Waals surface area contributed by atoms with Gasteiger partial charge in [0, 0.05) is 36.4 Å². The fraction of sp³-hybridized carbons (Fsp3) is 0.619. The molecule has 1 aliphatic heterocycles. The van der Waals surface area contributed by atoms with Gasteiger partial charge in [0.25, 0.3) is 0 Å². The van der Waals surface area contributed by atoms with E-state index in [1.807, 2.05) is 6.07 Å². The van der Waals surface area contributed by atoms with Gasteiger partial charge in [-0.25, -0.2) is 0 Å². The molecule has 1 aromatic rings. The molecule has 0 aromatic heterocycles. The van der Waals surface area contributed by atoms with Gasteiger partial charge in [-0.3, -0.25) is 14.5 Å². The average Bonchev–Trinajstić information content (AvgIpc) is 3.42. The molecule has 0 amide bonds. The Morgan fingerprint density at radius 2 is 2.08 bits per heavy atom. The highest BCUT2D eigenvalue weighted by atomic mass is 16.3. The molecule has 5 nitrogen and oxygen atoms in total. The molecule has 1 saturated heterocycles. The second-order valence-corrected chi connectivity index (χ2v) is 8.79. The summed E-state index contributed by atoms with van der Waals surface area (Å²) in [5.41, 5.74) is 0.124. The molecule has 3 fully saturated rings. The Kier molecular flexibility index (Phi) is 3.41.